The largest absolute Gasteiger partial charge is 0.377 e. The fourth-order valence-electron chi connectivity index (χ4n) is 7.13. The number of terminal acetylenes is 1. The number of ketones is 1. The van der Waals surface area contributed by atoms with Crippen LogP contribution in [0.15, 0.2) is 11.6 Å². The molecule has 0 aromatic rings. The molecule has 4 aliphatic rings. The van der Waals surface area contributed by atoms with E-state index in [2.05, 4.69) is 5.92 Å². The molecule has 4 aliphatic carbocycles. The second-order valence-corrected chi connectivity index (χ2v) is 9.21. The number of hydrogen-bond donors (Lipinski definition) is 1. The van der Waals surface area contributed by atoms with Crippen molar-refractivity contribution in [3.8, 4) is 12.3 Å². The predicted molar refractivity (Wildman–Crippen MR) is 100 cm³/mol. The smallest absolute Gasteiger partial charge is 0.155 e. The summed E-state index contributed by atoms with van der Waals surface area (Å²) in [5, 5.41) is 11.3. The maximum absolute atomic E-state index is 11.8. The Morgan fingerprint density at radius 1 is 1.20 bits per heavy atom. The van der Waals surface area contributed by atoms with Gasteiger partial charge in [-0.25, -0.2) is 0 Å². The highest BCUT2D eigenvalue weighted by atomic mass is 35.5. The van der Waals surface area contributed by atoms with Gasteiger partial charge in [0.2, 0.25) is 0 Å². The fraction of sp³-hybridized carbons (Fsp3) is 0.773. The quantitative estimate of drug-likeness (QED) is 0.594. The Labute approximate surface area is 156 Å². The SMILES string of the molecule is C#C[C@]1(O)CC[C@H]2[C@@H]3CCC4=CC(=O)CC[C@@H]4[C@H]3CC[C@@]21CCCCl. The summed E-state index contributed by atoms with van der Waals surface area (Å²) in [7, 11) is 0. The first kappa shape index (κ1) is 17.6. The van der Waals surface area contributed by atoms with E-state index in [1.807, 2.05) is 6.08 Å². The second-order valence-electron chi connectivity index (χ2n) is 8.83. The van der Waals surface area contributed by atoms with Crippen molar-refractivity contribution in [2.75, 3.05) is 5.88 Å². The molecular formula is C22H29ClO2. The lowest BCUT2D eigenvalue weighted by Gasteiger charge is -2.56. The van der Waals surface area contributed by atoms with Crippen LogP contribution < -0.4 is 0 Å². The molecule has 0 aromatic heterocycles. The van der Waals surface area contributed by atoms with Crippen LogP contribution in [0.3, 0.4) is 0 Å². The highest BCUT2D eigenvalue weighted by Gasteiger charge is 2.63. The molecule has 136 valence electrons. The standard InChI is InChI=1S/C22H29ClO2/c1-2-22(25)12-9-20-19-6-4-15-14-16(24)5-7-17(15)18(19)8-11-21(20,22)10-3-13-23/h1,14,17-20,25H,3-13H2/t17-,18+,19+,20-,21-,22-/m0/s1. The Morgan fingerprint density at radius 2 is 2.04 bits per heavy atom. The minimum Gasteiger partial charge on any atom is -0.377 e. The van der Waals surface area contributed by atoms with Crippen LogP contribution >= 0.6 is 11.6 Å². The summed E-state index contributed by atoms with van der Waals surface area (Å²) in [5.41, 5.74) is 0.326. The van der Waals surface area contributed by atoms with Gasteiger partial charge < -0.3 is 5.11 Å². The monoisotopic (exact) mass is 360 g/mol. The average molecular weight is 361 g/mol. The van der Waals surface area contributed by atoms with Gasteiger partial charge in [-0.05, 0) is 87.5 Å². The number of fused-ring (bicyclic) bond motifs is 5. The van der Waals surface area contributed by atoms with Gasteiger partial charge in [-0.3, -0.25) is 4.79 Å². The number of aliphatic hydroxyl groups is 1. The summed E-state index contributed by atoms with van der Waals surface area (Å²) < 4.78 is 0. The zero-order valence-corrected chi connectivity index (χ0v) is 15.7. The van der Waals surface area contributed by atoms with E-state index in [4.69, 9.17) is 18.0 Å². The molecule has 1 N–H and O–H groups in total. The Balaban J connectivity index is 1.65. The molecule has 0 aromatic carbocycles. The Kier molecular flexibility index (Phi) is 4.53. The molecule has 0 aliphatic heterocycles. The molecule has 3 heteroatoms. The van der Waals surface area contributed by atoms with Gasteiger partial charge in [-0.1, -0.05) is 11.5 Å². The normalized spacial score (nSPS) is 45.8. The van der Waals surface area contributed by atoms with Gasteiger partial charge in [0.15, 0.2) is 5.78 Å². The van der Waals surface area contributed by atoms with Crippen molar-refractivity contribution in [2.45, 2.75) is 69.8 Å². The molecule has 0 heterocycles. The highest BCUT2D eigenvalue weighted by Crippen LogP contribution is 2.66. The Morgan fingerprint density at radius 3 is 2.80 bits per heavy atom. The van der Waals surface area contributed by atoms with Crippen LogP contribution in [0.1, 0.15) is 64.2 Å². The van der Waals surface area contributed by atoms with Gasteiger partial charge in [-0.15, -0.1) is 18.0 Å². The molecule has 3 fully saturated rings. The molecule has 0 saturated heterocycles. The average Bonchev–Trinajstić information content (AvgIpc) is 2.93. The molecule has 0 bridgehead atoms. The van der Waals surface area contributed by atoms with E-state index in [1.165, 1.54) is 5.57 Å². The highest BCUT2D eigenvalue weighted by molar-refractivity contribution is 6.17. The summed E-state index contributed by atoms with van der Waals surface area (Å²) >= 11 is 6.01. The van der Waals surface area contributed by atoms with Crippen molar-refractivity contribution in [1.82, 2.24) is 0 Å². The molecular weight excluding hydrogens is 332 g/mol. The number of rotatable bonds is 3. The van der Waals surface area contributed by atoms with E-state index >= 15 is 0 Å². The summed E-state index contributed by atoms with van der Waals surface area (Å²) in [6.45, 7) is 0. The molecule has 25 heavy (non-hydrogen) atoms. The van der Waals surface area contributed by atoms with Gasteiger partial charge in [0.05, 0.1) is 0 Å². The Hall–Kier alpha value is -0.780. The minimum atomic E-state index is -0.951. The number of hydrogen-bond acceptors (Lipinski definition) is 2. The van der Waals surface area contributed by atoms with Gasteiger partial charge >= 0.3 is 0 Å². The maximum atomic E-state index is 11.8. The van der Waals surface area contributed by atoms with Crippen molar-refractivity contribution in [1.29, 1.82) is 0 Å². The van der Waals surface area contributed by atoms with Crippen LogP contribution in [0.2, 0.25) is 0 Å². The first-order valence-electron chi connectivity index (χ1n) is 10.0. The van der Waals surface area contributed by atoms with E-state index in [1.54, 1.807) is 0 Å². The number of alkyl halides is 1. The fourth-order valence-corrected chi connectivity index (χ4v) is 7.26. The van der Waals surface area contributed by atoms with Crippen LogP contribution in [0.5, 0.6) is 0 Å². The van der Waals surface area contributed by atoms with Gasteiger partial charge in [0.1, 0.15) is 5.60 Å². The van der Waals surface area contributed by atoms with Crippen LogP contribution in [-0.4, -0.2) is 22.4 Å². The molecule has 6 atom stereocenters. The second kappa shape index (κ2) is 6.43. The first-order chi connectivity index (χ1) is 12.0. The number of carbonyl (C=O) groups excluding carboxylic acids is 1. The van der Waals surface area contributed by atoms with Gasteiger partial charge in [0.25, 0.3) is 0 Å². The molecule has 0 amide bonds. The van der Waals surface area contributed by atoms with Crippen LogP contribution in [0.25, 0.3) is 0 Å². The van der Waals surface area contributed by atoms with Crippen LogP contribution in [-0.2, 0) is 4.79 Å². The summed E-state index contributed by atoms with van der Waals surface area (Å²) in [6.07, 6.45) is 17.6. The van der Waals surface area contributed by atoms with E-state index < -0.39 is 5.60 Å². The third kappa shape index (κ3) is 2.54. The van der Waals surface area contributed by atoms with Gasteiger partial charge in [-0.2, -0.15) is 0 Å². The lowest BCUT2D eigenvalue weighted by atomic mass is 9.49. The molecule has 0 unspecified atom stereocenters. The number of carbonyl (C=O) groups is 1. The topological polar surface area (TPSA) is 37.3 Å². The van der Waals surface area contributed by atoms with Crippen molar-refractivity contribution >= 4 is 17.4 Å². The number of halogens is 1. The minimum absolute atomic E-state index is 0.135. The van der Waals surface area contributed by atoms with E-state index in [0.29, 0.717) is 41.8 Å². The van der Waals surface area contributed by atoms with Gasteiger partial charge in [0, 0.05) is 17.7 Å². The third-order valence-corrected chi connectivity index (χ3v) is 8.41. The van der Waals surface area contributed by atoms with E-state index in [-0.39, 0.29) is 5.41 Å². The van der Waals surface area contributed by atoms with Crippen LogP contribution in [0.4, 0.5) is 0 Å². The number of allylic oxidation sites excluding steroid dienone is 1. The van der Waals surface area contributed by atoms with Crippen molar-refractivity contribution in [2.24, 2.45) is 29.1 Å². The third-order valence-electron chi connectivity index (χ3n) is 8.14. The molecule has 4 rings (SSSR count). The lowest BCUT2D eigenvalue weighted by Crippen LogP contribution is -2.53. The molecule has 0 spiro atoms. The predicted octanol–water partition coefficient (Wildman–Crippen LogP) is 4.49. The lowest BCUT2D eigenvalue weighted by molar-refractivity contribution is -0.117. The first-order valence-corrected chi connectivity index (χ1v) is 10.6. The maximum Gasteiger partial charge on any atom is 0.155 e. The van der Waals surface area contributed by atoms with Crippen molar-refractivity contribution < 1.29 is 9.90 Å². The summed E-state index contributed by atoms with van der Waals surface area (Å²) in [6, 6.07) is 0. The Bertz CT molecular complexity index is 632. The summed E-state index contributed by atoms with van der Waals surface area (Å²) in [5.74, 6) is 6.22. The van der Waals surface area contributed by atoms with Crippen molar-refractivity contribution in [3.63, 3.8) is 0 Å². The molecule has 0 radical (unpaired) electrons. The molecule has 2 nitrogen and oxygen atoms in total. The summed E-state index contributed by atoms with van der Waals surface area (Å²) in [4.78, 5) is 11.8. The zero-order valence-electron chi connectivity index (χ0n) is 15.0. The molecule has 3 saturated carbocycles. The zero-order chi connectivity index (χ0) is 17.7. The van der Waals surface area contributed by atoms with E-state index in [0.717, 1.165) is 57.8 Å². The van der Waals surface area contributed by atoms with Crippen molar-refractivity contribution in [3.05, 3.63) is 11.6 Å². The van der Waals surface area contributed by atoms with E-state index in [9.17, 15) is 9.90 Å². The van der Waals surface area contributed by atoms with Crippen LogP contribution in [0, 0.1) is 41.4 Å².